The number of fused-ring (bicyclic) bond motifs is 5. The number of nitrogens with one attached hydrogen (secondary N) is 2. The molecule has 0 bridgehead atoms. The van der Waals surface area contributed by atoms with E-state index in [1.54, 1.807) is 16.5 Å². The van der Waals surface area contributed by atoms with Crippen LogP contribution < -0.4 is 25.1 Å². The molecule has 0 saturated heterocycles. The van der Waals surface area contributed by atoms with Crippen molar-refractivity contribution in [3.05, 3.63) is 57.9 Å². The lowest BCUT2D eigenvalue weighted by molar-refractivity contribution is -0.116. The van der Waals surface area contributed by atoms with Crippen molar-refractivity contribution < 1.29 is 19.0 Å². The molecule has 31 heavy (non-hydrogen) atoms. The number of carbonyl (C=O) groups is 1. The summed E-state index contributed by atoms with van der Waals surface area (Å²) in [6, 6.07) is 11.0. The number of methoxy groups -OCH3 is 3. The number of nitrogens with zero attached hydrogens (tertiary/aromatic N) is 2. The summed E-state index contributed by atoms with van der Waals surface area (Å²) in [6.45, 7) is 0. The number of anilines is 1. The molecule has 158 valence electrons. The Labute approximate surface area is 176 Å². The number of hydrogen-bond acceptors (Lipinski definition) is 6. The fourth-order valence-electron chi connectivity index (χ4n) is 4.31. The molecule has 0 radical (unpaired) electrons. The van der Waals surface area contributed by atoms with Gasteiger partial charge in [0.15, 0.2) is 11.5 Å². The smallest absolute Gasteiger partial charge is 0.258 e. The van der Waals surface area contributed by atoms with Crippen LogP contribution in [0.4, 0.5) is 5.82 Å². The number of aromatic nitrogens is 3. The first-order valence-electron chi connectivity index (χ1n) is 9.69. The Morgan fingerprint density at radius 2 is 1.77 bits per heavy atom. The molecule has 1 amide bonds. The van der Waals surface area contributed by atoms with E-state index in [9.17, 15) is 9.59 Å². The molecule has 4 aromatic rings. The highest BCUT2D eigenvalue weighted by atomic mass is 16.5. The molecular formula is C22H20N4O5. The monoisotopic (exact) mass is 420 g/mol. The summed E-state index contributed by atoms with van der Waals surface area (Å²) in [6.07, 6.45) is 0.0834. The van der Waals surface area contributed by atoms with Crippen molar-refractivity contribution in [3.8, 4) is 17.2 Å². The minimum absolute atomic E-state index is 0.0834. The van der Waals surface area contributed by atoms with Gasteiger partial charge < -0.3 is 19.5 Å². The molecule has 0 fully saturated rings. The second kappa shape index (κ2) is 7.05. The van der Waals surface area contributed by atoms with Crippen LogP contribution in [0.15, 0.2) is 41.2 Å². The Balaban J connectivity index is 1.83. The van der Waals surface area contributed by atoms with Gasteiger partial charge in [0.25, 0.3) is 5.56 Å². The molecule has 5 rings (SSSR count). The van der Waals surface area contributed by atoms with Crippen LogP contribution in [0.3, 0.4) is 0 Å². The summed E-state index contributed by atoms with van der Waals surface area (Å²) in [5, 5.41) is 2.88. The minimum Gasteiger partial charge on any atom is -0.493 e. The number of para-hydroxylation sites is 2. The van der Waals surface area contributed by atoms with Gasteiger partial charge in [-0.2, -0.15) is 0 Å². The Bertz CT molecular complexity index is 1400. The van der Waals surface area contributed by atoms with E-state index in [1.807, 2.05) is 24.3 Å². The molecule has 0 spiro atoms. The quantitative estimate of drug-likeness (QED) is 0.526. The number of aromatic amines is 1. The average Bonchev–Trinajstić information content (AvgIpc) is 3.15. The Hall–Kier alpha value is -4.01. The van der Waals surface area contributed by atoms with Crippen LogP contribution in [0.2, 0.25) is 0 Å². The highest BCUT2D eigenvalue weighted by Crippen LogP contribution is 2.46. The van der Waals surface area contributed by atoms with Crippen LogP contribution in [0.25, 0.3) is 16.8 Å². The van der Waals surface area contributed by atoms with Gasteiger partial charge in [0.1, 0.15) is 5.82 Å². The standard InChI is InChI=1S/C22H20N4O5/c1-29-15-9-8-11(18(30-2)19(15)31-3)12-10-16(27)24-20-17(12)21(28)25-22-23-13-6-4-5-7-14(13)26(20)22/h4-9,12H,10H2,1-3H3,(H,24,27)(H,23,25,28). The van der Waals surface area contributed by atoms with E-state index in [4.69, 9.17) is 14.2 Å². The van der Waals surface area contributed by atoms with Gasteiger partial charge in [0.2, 0.25) is 17.4 Å². The van der Waals surface area contributed by atoms with Crippen LogP contribution >= 0.6 is 0 Å². The number of amides is 1. The fourth-order valence-corrected chi connectivity index (χ4v) is 4.31. The van der Waals surface area contributed by atoms with Crippen LogP contribution in [-0.2, 0) is 4.79 Å². The van der Waals surface area contributed by atoms with Gasteiger partial charge in [-0.1, -0.05) is 18.2 Å². The van der Waals surface area contributed by atoms with Gasteiger partial charge in [-0.3, -0.25) is 19.0 Å². The maximum Gasteiger partial charge on any atom is 0.258 e. The van der Waals surface area contributed by atoms with Crippen molar-refractivity contribution >= 4 is 28.5 Å². The lowest BCUT2D eigenvalue weighted by Gasteiger charge is -2.27. The van der Waals surface area contributed by atoms with Crippen molar-refractivity contribution in [1.29, 1.82) is 0 Å². The third-order valence-electron chi connectivity index (χ3n) is 5.62. The van der Waals surface area contributed by atoms with Gasteiger partial charge in [0, 0.05) is 17.9 Å². The van der Waals surface area contributed by atoms with E-state index in [2.05, 4.69) is 15.3 Å². The van der Waals surface area contributed by atoms with Crippen LogP contribution in [-0.4, -0.2) is 41.6 Å². The molecular weight excluding hydrogens is 400 g/mol. The first kappa shape index (κ1) is 19.0. The lowest BCUT2D eigenvalue weighted by Crippen LogP contribution is -2.32. The zero-order chi connectivity index (χ0) is 21.7. The van der Waals surface area contributed by atoms with E-state index in [0.29, 0.717) is 45.5 Å². The highest BCUT2D eigenvalue weighted by molar-refractivity contribution is 5.96. The van der Waals surface area contributed by atoms with Crippen molar-refractivity contribution in [2.24, 2.45) is 0 Å². The number of carbonyl (C=O) groups excluding carboxylic acids is 1. The number of hydrogen-bond donors (Lipinski definition) is 2. The van der Waals surface area contributed by atoms with Crippen molar-refractivity contribution in [2.45, 2.75) is 12.3 Å². The maximum atomic E-state index is 13.2. The fraction of sp³-hybridized carbons (Fsp3) is 0.227. The molecule has 1 aliphatic rings. The molecule has 9 nitrogen and oxygen atoms in total. The first-order valence-corrected chi connectivity index (χ1v) is 9.69. The van der Waals surface area contributed by atoms with Gasteiger partial charge >= 0.3 is 0 Å². The number of H-pyrrole nitrogens is 1. The molecule has 2 aromatic heterocycles. The molecule has 1 unspecified atom stereocenters. The summed E-state index contributed by atoms with van der Waals surface area (Å²) < 4.78 is 18.3. The van der Waals surface area contributed by atoms with E-state index in [0.717, 1.165) is 5.52 Å². The predicted octanol–water partition coefficient (Wildman–Crippen LogP) is 2.68. The lowest BCUT2D eigenvalue weighted by atomic mass is 9.86. The van der Waals surface area contributed by atoms with E-state index in [1.165, 1.54) is 21.3 Å². The highest BCUT2D eigenvalue weighted by Gasteiger charge is 2.35. The van der Waals surface area contributed by atoms with Gasteiger partial charge in [0.05, 0.1) is 37.9 Å². The summed E-state index contributed by atoms with van der Waals surface area (Å²) in [5.41, 5.74) is 2.27. The molecule has 3 heterocycles. The molecule has 1 atom stereocenters. The van der Waals surface area contributed by atoms with Crippen molar-refractivity contribution in [1.82, 2.24) is 14.4 Å². The third kappa shape index (κ3) is 2.73. The Morgan fingerprint density at radius 3 is 2.52 bits per heavy atom. The van der Waals surface area contributed by atoms with E-state index in [-0.39, 0.29) is 17.9 Å². The van der Waals surface area contributed by atoms with E-state index >= 15 is 0 Å². The summed E-state index contributed by atoms with van der Waals surface area (Å²) >= 11 is 0. The van der Waals surface area contributed by atoms with Crippen molar-refractivity contribution in [2.75, 3.05) is 26.6 Å². The summed E-state index contributed by atoms with van der Waals surface area (Å²) in [5.74, 6) is 1.33. The van der Waals surface area contributed by atoms with E-state index < -0.39 is 5.92 Å². The van der Waals surface area contributed by atoms with Gasteiger partial charge in [-0.15, -0.1) is 0 Å². The van der Waals surface area contributed by atoms with Crippen LogP contribution in [0.5, 0.6) is 17.2 Å². The SMILES string of the molecule is COc1ccc(C2CC(=O)Nc3c2c(=O)[nH]c2nc4ccccc4n32)c(OC)c1OC. The normalized spacial score (nSPS) is 15.6. The topological polar surface area (TPSA) is 107 Å². The molecule has 0 aliphatic carbocycles. The minimum atomic E-state index is -0.548. The second-order valence-electron chi connectivity index (χ2n) is 7.20. The molecule has 9 heteroatoms. The Kier molecular flexibility index (Phi) is 4.32. The third-order valence-corrected chi connectivity index (χ3v) is 5.62. The van der Waals surface area contributed by atoms with Crippen LogP contribution in [0, 0.1) is 0 Å². The van der Waals surface area contributed by atoms with Crippen LogP contribution in [0.1, 0.15) is 23.5 Å². The zero-order valence-electron chi connectivity index (χ0n) is 17.2. The molecule has 1 aliphatic heterocycles. The van der Waals surface area contributed by atoms with Gasteiger partial charge in [-0.05, 0) is 18.2 Å². The molecule has 2 aromatic carbocycles. The van der Waals surface area contributed by atoms with Crippen molar-refractivity contribution in [3.63, 3.8) is 0 Å². The Morgan fingerprint density at radius 1 is 1.00 bits per heavy atom. The number of imidazole rings is 1. The largest absolute Gasteiger partial charge is 0.493 e. The maximum absolute atomic E-state index is 13.2. The second-order valence-corrected chi connectivity index (χ2v) is 7.20. The first-order chi connectivity index (χ1) is 15.1. The summed E-state index contributed by atoms with van der Waals surface area (Å²) in [4.78, 5) is 33.3. The number of rotatable bonds is 4. The summed E-state index contributed by atoms with van der Waals surface area (Å²) in [7, 11) is 4.56. The predicted molar refractivity (Wildman–Crippen MR) is 115 cm³/mol. The average molecular weight is 420 g/mol. The number of ether oxygens (including phenoxy) is 3. The van der Waals surface area contributed by atoms with Gasteiger partial charge in [-0.25, -0.2) is 4.98 Å². The molecule has 0 saturated carbocycles. The zero-order valence-corrected chi connectivity index (χ0v) is 17.2. The molecule has 2 N–H and O–H groups in total. The number of benzene rings is 2.